The number of hydrogen-bond donors (Lipinski definition) is 1. The minimum Gasteiger partial charge on any atom is -0.469 e. The summed E-state index contributed by atoms with van der Waals surface area (Å²) in [5.41, 5.74) is 0. The van der Waals surface area contributed by atoms with E-state index < -0.39 is 10.0 Å². The fraction of sp³-hybridized carbons (Fsp3) is 0.417. The van der Waals surface area contributed by atoms with Gasteiger partial charge in [0.2, 0.25) is 10.0 Å². The van der Waals surface area contributed by atoms with Gasteiger partial charge in [-0.3, -0.25) is 4.79 Å². The number of carbonyl (C=O) groups excluding carboxylic acids is 1. The number of halogens is 1. The normalized spacial score (nSPS) is 22.6. The summed E-state index contributed by atoms with van der Waals surface area (Å²) in [7, 11) is -2.18. The van der Waals surface area contributed by atoms with Crippen molar-refractivity contribution in [3.05, 3.63) is 28.7 Å². The molecular formula is C12H14BrNO4S. The second kappa shape index (κ2) is 5.60. The molecule has 5 nitrogen and oxygen atoms in total. The molecule has 0 spiro atoms. The molecule has 0 heterocycles. The first-order valence-corrected chi connectivity index (χ1v) is 8.05. The third kappa shape index (κ3) is 3.34. The summed E-state index contributed by atoms with van der Waals surface area (Å²) in [6, 6.07) is 6.21. The van der Waals surface area contributed by atoms with E-state index in [-0.39, 0.29) is 22.8 Å². The molecular weight excluding hydrogens is 334 g/mol. The summed E-state index contributed by atoms with van der Waals surface area (Å²) in [5, 5.41) is 0. The number of nitrogens with one attached hydrogen (secondary N) is 1. The number of esters is 1. The Labute approximate surface area is 120 Å². The Morgan fingerprint density at radius 2 is 1.89 bits per heavy atom. The molecule has 1 aliphatic carbocycles. The van der Waals surface area contributed by atoms with E-state index in [1.54, 1.807) is 12.1 Å². The molecule has 0 bridgehead atoms. The van der Waals surface area contributed by atoms with Crippen molar-refractivity contribution >= 4 is 31.9 Å². The van der Waals surface area contributed by atoms with Gasteiger partial charge in [-0.15, -0.1) is 0 Å². The average molecular weight is 348 g/mol. The monoisotopic (exact) mass is 347 g/mol. The minimum atomic E-state index is -3.52. The Kier molecular flexibility index (Phi) is 4.27. The summed E-state index contributed by atoms with van der Waals surface area (Å²) >= 11 is 3.25. The Morgan fingerprint density at radius 3 is 2.42 bits per heavy atom. The number of hydrogen-bond acceptors (Lipinski definition) is 4. The zero-order valence-electron chi connectivity index (χ0n) is 10.3. The van der Waals surface area contributed by atoms with Gasteiger partial charge in [0.15, 0.2) is 0 Å². The van der Waals surface area contributed by atoms with Crippen LogP contribution in [-0.4, -0.2) is 27.5 Å². The molecule has 1 aromatic rings. The van der Waals surface area contributed by atoms with Gasteiger partial charge >= 0.3 is 5.97 Å². The van der Waals surface area contributed by atoms with E-state index in [9.17, 15) is 13.2 Å². The standard InChI is InChI=1S/C12H14BrNO4S/c1-18-12(15)8-6-10(7-8)14-19(16,17)11-4-2-9(13)3-5-11/h2-5,8,10,14H,6-7H2,1H3. The van der Waals surface area contributed by atoms with Crippen LogP contribution in [0, 0.1) is 5.92 Å². The molecule has 0 aromatic heterocycles. The largest absolute Gasteiger partial charge is 0.469 e. The van der Waals surface area contributed by atoms with Crippen LogP contribution in [0.4, 0.5) is 0 Å². The van der Waals surface area contributed by atoms with Crippen LogP contribution >= 0.6 is 15.9 Å². The average Bonchev–Trinajstić information content (AvgIpc) is 2.33. The Morgan fingerprint density at radius 1 is 1.32 bits per heavy atom. The van der Waals surface area contributed by atoms with Gasteiger partial charge in [-0.05, 0) is 37.1 Å². The van der Waals surface area contributed by atoms with E-state index in [2.05, 4.69) is 25.4 Å². The van der Waals surface area contributed by atoms with Gasteiger partial charge in [0.05, 0.1) is 17.9 Å². The second-order valence-electron chi connectivity index (χ2n) is 4.46. The molecule has 0 aliphatic heterocycles. The van der Waals surface area contributed by atoms with Crippen LogP contribution in [0.3, 0.4) is 0 Å². The number of sulfonamides is 1. The molecule has 1 saturated carbocycles. The molecule has 0 amide bonds. The van der Waals surface area contributed by atoms with Crippen LogP contribution in [-0.2, 0) is 19.6 Å². The van der Waals surface area contributed by atoms with Gasteiger partial charge in [-0.25, -0.2) is 13.1 Å². The molecule has 0 atom stereocenters. The van der Waals surface area contributed by atoms with Crippen LogP contribution < -0.4 is 4.72 Å². The lowest BCUT2D eigenvalue weighted by molar-refractivity contribution is -0.148. The van der Waals surface area contributed by atoms with Crippen molar-refractivity contribution in [3.8, 4) is 0 Å². The maximum Gasteiger partial charge on any atom is 0.308 e. The van der Waals surface area contributed by atoms with Gasteiger partial charge in [0.25, 0.3) is 0 Å². The summed E-state index contributed by atoms with van der Waals surface area (Å²) in [6.45, 7) is 0. The van der Waals surface area contributed by atoms with Gasteiger partial charge in [0.1, 0.15) is 0 Å². The summed E-state index contributed by atoms with van der Waals surface area (Å²) < 4.78 is 32.1. The lowest BCUT2D eigenvalue weighted by Crippen LogP contribution is -2.46. The minimum absolute atomic E-state index is 0.192. The molecule has 104 valence electrons. The summed E-state index contributed by atoms with van der Waals surface area (Å²) in [6.07, 6.45) is 0.977. The molecule has 1 N–H and O–H groups in total. The number of rotatable bonds is 4. The lowest BCUT2D eigenvalue weighted by atomic mass is 9.81. The molecule has 1 fully saturated rings. The first-order chi connectivity index (χ1) is 8.92. The van der Waals surface area contributed by atoms with Gasteiger partial charge in [0, 0.05) is 10.5 Å². The molecule has 1 aliphatic rings. The van der Waals surface area contributed by atoms with Crippen molar-refractivity contribution in [2.45, 2.75) is 23.8 Å². The fourth-order valence-electron chi connectivity index (χ4n) is 1.97. The number of methoxy groups -OCH3 is 1. The van der Waals surface area contributed by atoms with E-state index in [1.165, 1.54) is 19.2 Å². The highest BCUT2D eigenvalue weighted by Crippen LogP contribution is 2.29. The predicted octanol–water partition coefficient (Wildman–Crippen LogP) is 1.68. The molecule has 19 heavy (non-hydrogen) atoms. The molecule has 0 saturated heterocycles. The van der Waals surface area contributed by atoms with Gasteiger partial charge in [-0.1, -0.05) is 15.9 Å². The highest BCUT2D eigenvalue weighted by molar-refractivity contribution is 9.10. The first-order valence-electron chi connectivity index (χ1n) is 5.78. The molecule has 0 unspecified atom stereocenters. The smallest absolute Gasteiger partial charge is 0.308 e. The summed E-state index contributed by atoms with van der Waals surface area (Å²) in [4.78, 5) is 11.4. The molecule has 1 aromatic carbocycles. The maximum atomic E-state index is 12.1. The van der Waals surface area contributed by atoms with E-state index in [0.717, 1.165) is 4.47 Å². The quantitative estimate of drug-likeness (QED) is 0.841. The van der Waals surface area contributed by atoms with Crippen molar-refractivity contribution < 1.29 is 17.9 Å². The first kappa shape index (κ1) is 14.5. The van der Waals surface area contributed by atoms with Crippen molar-refractivity contribution in [1.82, 2.24) is 4.72 Å². The Hall–Kier alpha value is -0.920. The lowest BCUT2D eigenvalue weighted by Gasteiger charge is -2.33. The zero-order valence-corrected chi connectivity index (χ0v) is 12.7. The van der Waals surface area contributed by atoms with Crippen LogP contribution in [0.5, 0.6) is 0 Å². The summed E-state index contributed by atoms with van der Waals surface area (Å²) in [5.74, 6) is -0.471. The number of ether oxygens (including phenoxy) is 1. The van der Waals surface area contributed by atoms with E-state index >= 15 is 0 Å². The highest BCUT2D eigenvalue weighted by Gasteiger charge is 2.37. The Balaban J connectivity index is 1.97. The van der Waals surface area contributed by atoms with Crippen molar-refractivity contribution in [2.24, 2.45) is 5.92 Å². The SMILES string of the molecule is COC(=O)C1CC(NS(=O)(=O)c2ccc(Br)cc2)C1. The number of carbonyl (C=O) groups is 1. The predicted molar refractivity (Wildman–Crippen MR) is 73.0 cm³/mol. The fourth-order valence-corrected chi connectivity index (χ4v) is 3.50. The third-order valence-electron chi connectivity index (χ3n) is 3.12. The maximum absolute atomic E-state index is 12.1. The van der Waals surface area contributed by atoms with Gasteiger partial charge in [-0.2, -0.15) is 0 Å². The zero-order chi connectivity index (χ0) is 14.0. The van der Waals surface area contributed by atoms with Crippen LogP contribution in [0.2, 0.25) is 0 Å². The molecule has 2 rings (SSSR count). The topological polar surface area (TPSA) is 72.5 Å². The highest BCUT2D eigenvalue weighted by atomic mass is 79.9. The van der Waals surface area contributed by atoms with E-state index in [0.29, 0.717) is 12.8 Å². The molecule has 0 radical (unpaired) electrons. The third-order valence-corrected chi connectivity index (χ3v) is 5.18. The number of benzene rings is 1. The van der Waals surface area contributed by atoms with Crippen molar-refractivity contribution in [1.29, 1.82) is 0 Å². The Bertz CT molecular complexity index is 564. The van der Waals surface area contributed by atoms with Crippen LogP contribution in [0.1, 0.15) is 12.8 Å². The second-order valence-corrected chi connectivity index (χ2v) is 7.09. The van der Waals surface area contributed by atoms with E-state index in [1.807, 2.05) is 0 Å². The van der Waals surface area contributed by atoms with Crippen LogP contribution in [0.25, 0.3) is 0 Å². The van der Waals surface area contributed by atoms with Crippen LogP contribution in [0.15, 0.2) is 33.6 Å². The molecule has 7 heteroatoms. The van der Waals surface area contributed by atoms with Gasteiger partial charge < -0.3 is 4.74 Å². The van der Waals surface area contributed by atoms with Crippen molar-refractivity contribution in [2.75, 3.05) is 7.11 Å². The van der Waals surface area contributed by atoms with Crippen molar-refractivity contribution in [3.63, 3.8) is 0 Å². The van der Waals surface area contributed by atoms with E-state index in [4.69, 9.17) is 0 Å².